The van der Waals surface area contributed by atoms with E-state index in [1.807, 2.05) is 12.1 Å². The summed E-state index contributed by atoms with van der Waals surface area (Å²) in [6.07, 6.45) is 3.71. The molecule has 7 heteroatoms. The van der Waals surface area contributed by atoms with E-state index in [-0.39, 0.29) is 12.7 Å². The summed E-state index contributed by atoms with van der Waals surface area (Å²) in [7, 11) is 0. The van der Waals surface area contributed by atoms with Crippen LogP contribution >= 0.6 is 28.1 Å². The fourth-order valence-corrected chi connectivity index (χ4v) is 3.01. The number of amides is 1. The minimum absolute atomic E-state index is 0.0944. The lowest BCUT2D eigenvalue weighted by atomic mass is 10.1. The predicted octanol–water partition coefficient (Wildman–Crippen LogP) is 3.04. The van der Waals surface area contributed by atoms with Crippen molar-refractivity contribution >= 4 is 45.2 Å². The van der Waals surface area contributed by atoms with Gasteiger partial charge in [0.2, 0.25) is 6.79 Å². The minimum Gasteiger partial charge on any atom is -0.454 e. The third kappa shape index (κ3) is 2.83. The van der Waals surface area contributed by atoms with Crippen molar-refractivity contribution in [2.45, 2.75) is 19.8 Å². The molecule has 1 aromatic rings. The van der Waals surface area contributed by atoms with E-state index >= 15 is 0 Å². The number of benzene rings is 1. The zero-order valence-corrected chi connectivity index (χ0v) is 14.4. The summed E-state index contributed by atoms with van der Waals surface area (Å²) in [6, 6.07) is 3.67. The van der Waals surface area contributed by atoms with Gasteiger partial charge >= 0.3 is 0 Å². The van der Waals surface area contributed by atoms with Gasteiger partial charge in [-0.2, -0.15) is 0 Å². The lowest BCUT2D eigenvalue weighted by Gasteiger charge is -2.12. The number of carbonyl (C=O) groups is 1. The molecule has 0 aromatic heterocycles. The number of ether oxygens (including phenoxy) is 2. The van der Waals surface area contributed by atoms with E-state index in [2.05, 4.69) is 28.2 Å². The molecule has 0 unspecified atom stereocenters. The molecule has 1 N–H and O–H groups in total. The Bertz CT molecular complexity index is 675. The second-order valence-corrected chi connectivity index (χ2v) is 6.27. The van der Waals surface area contributed by atoms with E-state index in [1.54, 1.807) is 11.0 Å². The lowest BCUT2D eigenvalue weighted by Crippen LogP contribution is -2.31. The van der Waals surface area contributed by atoms with Gasteiger partial charge in [0.25, 0.3) is 5.91 Å². The molecule has 1 fully saturated rings. The molecular weight excluding hydrogens is 368 g/mol. The molecule has 1 amide bonds. The molecule has 2 aliphatic heterocycles. The highest BCUT2D eigenvalue weighted by atomic mass is 79.9. The summed E-state index contributed by atoms with van der Waals surface area (Å²) in [5.74, 6) is 1.27. The van der Waals surface area contributed by atoms with Gasteiger partial charge in [-0.15, -0.1) is 0 Å². The first-order chi connectivity index (χ1) is 10.6. The SMILES string of the molecule is CCCCN1C(=O)C(=Cc2cc3c(cc2Br)OCO3)NC1=S. The maximum Gasteiger partial charge on any atom is 0.276 e. The number of hydrogen-bond acceptors (Lipinski definition) is 4. The Morgan fingerprint density at radius 1 is 1.41 bits per heavy atom. The molecule has 22 heavy (non-hydrogen) atoms. The average molecular weight is 383 g/mol. The number of unbranched alkanes of at least 4 members (excludes halogenated alkanes) is 1. The summed E-state index contributed by atoms with van der Waals surface area (Å²) in [5, 5.41) is 3.44. The van der Waals surface area contributed by atoms with Crippen LogP contribution in [0.1, 0.15) is 25.3 Å². The first-order valence-electron chi connectivity index (χ1n) is 7.04. The molecule has 3 rings (SSSR count). The number of nitrogens with zero attached hydrogens (tertiary/aromatic N) is 1. The molecule has 2 aliphatic rings. The number of halogens is 1. The van der Waals surface area contributed by atoms with Crippen molar-refractivity contribution in [3.63, 3.8) is 0 Å². The Morgan fingerprint density at radius 3 is 2.86 bits per heavy atom. The Balaban J connectivity index is 1.87. The van der Waals surface area contributed by atoms with Crippen LogP contribution in [0.15, 0.2) is 22.3 Å². The Labute approximate surface area is 142 Å². The number of fused-ring (bicyclic) bond motifs is 1. The summed E-state index contributed by atoms with van der Waals surface area (Å²) >= 11 is 8.72. The smallest absolute Gasteiger partial charge is 0.276 e. The van der Waals surface area contributed by atoms with Crippen LogP contribution in [0.3, 0.4) is 0 Å². The molecule has 1 saturated heterocycles. The average Bonchev–Trinajstić information content (AvgIpc) is 3.03. The van der Waals surface area contributed by atoms with E-state index in [4.69, 9.17) is 21.7 Å². The highest BCUT2D eigenvalue weighted by Crippen LogP contribution is 2.37. The van der Waals surface area contributed by atoms with Crippen LogP contribution in [-0.2, 0) is 4.79 Å². The van der Waals surface area contributed by atoms with E-state index in [9.17, 15) is 4.79 Å². The van der Waals surface area contributed by atoms with Crippen LogP contribution in [0.2, 0.25) is 0 Å². The van der Waals surface area contributed by atoms with E-state index in [0.29, 0.717) is 28.9 Å². The topological polar surface area (TPSA) is 50.8 Å². The summed E-state index contributed by atoms with van der Waals surface area (Å²) in [6.45, 7) is 2.94. The number of thiocarbonyl (C=S) groups is 1. The van der Waals surface area contributed by atoms with Crippen molar-refractivity contribution in [3.05, 3.63) is 27.9 Å². The third-order valence-corrected chi connectivity index (χ3v) is 4.50. The molecule has 1 aromatic carbocycles. The van der Waals surface area contributed by atoms with Crippen molar-refractivity contribution in [3.8, 4) is 11.5 Å². The number of nitrogens with one attached hydrogen (secondary N) is 1. The molecule has 0 radical (unpaired) electrons. The molecule has 0 spiro atoms. The lowest BCUT2D eigenvalue weighted by molar-refractivity contribution is -0.122. The molecule has 0 bridgehead atoms. The summed E-state index contributed by atoms with van der Waals surface area (Å²) in [4.78, 5) is 14.0. The van der Waals surface area contributed by atoms with Crippen LogP contribution in [0.25, 0.3) is 6.08 Å². The summed E-state index contributed by atoms with van der Waals surface area (Å²) in [5.41, 5.74) is 1.31. The molecule has 116 valence electrons. The first kappa shape index (κ1) is 15.3. The molecule has 2 heterocycles. The van der Waals surface area contributed by atoms with Crippen LogP contribution < -0.4 is 14.8 Å². The molecule has 5 nitrogen and oxygen atoms in total. The summed E-state index contributed by atoms with van der Waals surface area (Å²) < 4.78 is 11.5. The van der Waals surface area contributed by atoms with Crippen molar-refractivity contribution in [2.24, 2.45) is 0 Å². The molecule has 0 saturated carbocycles. The minimum atomic E-state index is -0.0944. The molecular formula is C15H15BrN2O3S. The van der Waals surface area contributed by atoms with Crippen molar-refractivity contribution in [1.29, 1.82) is 0 Å². The number of hydrogen-bond donors (Lipinski definition) is 1. The third-order valence-electron chi connectivity index (χ3n) is 3.49. The van der Waals surface area contributed by atoms with Crippen LogP contribution in [0.4, 0.5) is 0 Å². The largest absolute Gasteiger partial charge is 0.454 e. The second-order valence-electron chi connectivity index (χ2n) is 5.03. The van der Waals surface area contributed by atoms with E-state index < -0.39 is 0 Å². The Kier molecular flexibility index (Phi) is 4.35. The van der Waals surface area contributed by atoms with E-state index in [1.165, 1.54) is 0 Å². The van der Waals surface area contributed by atoms with Gasteiger partial charge in [0.05, 0.1) is 0 Å². The van der Waals surface area contributed by atoms with Crippen LogP contribution in [-0.4, -0.2) is 29.3 Å². The van der Waals surface area contributed by atoms with Gasteiger partial charge < -0.3 is 14.8 Å². The second kappa shape index (κ2) is 6.26. The standard InChI is InChI=1S/C15H15BrN2O3S/c1-2-3-4-18-14(19)11(17-15(18)22)5-9-6-12-13(7-10(9)16)21-8-20-12/h5-7H,2-4,8H2,1H3,(H,17,22). The van der Waals surface area contributed by atoms with Gasteiger partial charge in [0.15, 0.2) is 16.6 Å². The van der Waals surface area contributed by atoms with Gasteiger partial charge in [-0.1, -0.05) is 29.3 Å². The normalized spacial score (nSPS) is 18.3. The molecule has 0 atom stereocenters. The van der Waals surface area contributed by atoms with Crippen molar-refractivity contribution in [2.75, 3.05) is 13.3 Å². The first-order valence-corrected chi connectivity index (χ1v) is 8.24. The van der Waals surface area contributed by atoms with Gasteiger partial charge in [0.1, 0.15) is 5.70 Å². The monoisotopic (exact) mass is 382 g/mol. The predicted molar refractivity (Wildman–Crippen MR) is 90.6 cm³/mol. The maximum absolute atomic E-state index is 12.4. The Hall–Kier alpha value is -1.60. The van der Waals surface area contributed by atoms with E-state index in [0.717, 1.165) is 22.9 Å². The van der Waals surface area contributed by atoms with Gasteiger partial charge in [-0.3, -0.25) is 9.69 Å². The maximum atomic E-state index is 12.4. The van der Waals surface area contributed by atoms with Crippen molar-refractivity contribution in [1.82, 2.24) is 10.2 Å². The fraction of sp³-hybridized carbons (Fsp3) is 0.333. The fourth-order valence-electron chi connectivity index (χ4n) is 2.29. The molecule has 0 aliphatic carbocycles. The van der Waals surface area contributed by atoms with Crippen LogP contribution in [0.5, 0.6) is 11.5 Å². The van der Waals surface area contributed by atoms with Gasteiger partial charge in [0, 0.05) is 11.0 Å². The van der Waals surface area contributed by atoms with Crippen molar-refractivity contribution < 1.29 is 14.3 Å². The zero-order chi connectivity index (χ0) is 15.7. The highest BCUT2D eigenvalue weighted by Gasteiger charge is 2.30. The zero-order valence-electron chi connectivity index (χ0n) is 12.0. The number of carbonyl (C=O) groups excluding carboxylic acids is 1. The Morgan fingerprint density at radius 2 is 2.14 bits per heavy atom. The van der Waals surface area contributed by atoms with Gasteiger partial charge in [-0.05, 0) is 42.4 Å². The number of rotatable bonds is 4. The van der Waals surface area contributed by atoms with Gasteiger partial charge in [-0.25, -0.2) is 0 Å². The highest BCUT2D eigenvalue weighted by molar-refractivity contribution is 9.10. The van der Waals surface area contributed by atoms with Crippen LogP contribution in [0, 0.1) is 0 Å². The quantitative estimate of drug-likeness (QED) is 0.640.